The van der Waals surface area contributed by atoms with Crippen molar-refractivity contribution in [2.75, 3.05) is 11.4 Å². The predicted octanol–water partition coefficient (Wildman–Crippen LogP) is 3.51. The molecule has 102 valence electrons. The molecular formula is C13H9ClN2O3S. The second kappa shape index (κ2) is 4.88. The molecule has 0 fully saturated rings. The number of nitro benzene ring substituents is 1. The first kappa shape index (κ1) is 13.1. The summed E-state index contributed by atoms with van der Waals surface area (Å²) in [4.78, 5) is 24.9. The number of carbonyl (C=O) groups is 1. The van der Waals surface area contributed by atoms with E-state index in [1.54, 1.807) is 4.90 Å². The fourth-order valence-corrected chi connectivity index (χ4v) is 3.41. The van der Waals surface area contributed by atoms with Crippen LogP contribution < -0.4 is 4.90 Å². The van der Waals surface area contributed by atoms with Gasteiger partial charge in [-0.05, 0) is 29.5 Å². The van der Waals surface area contributed by atoms with Crippen LogP contribution >= 0.6 is 22.9 Å². The molecule has 1 aromatic carbocycles. The van der Waals surface area contributed by atoms with Crippen molar-refractivity contribution in [1.82, 2.24) is 0 Å². The maximum absolute atomic E-state index is 12.4. The summed E-state index contributed by atoms with van der Waals surface area (Å²) in [5.74, 6) is -0.1000. The molecular weight excluding hydrogens is 300 g/mol. The highest BCUT2D eigenvalue weighted by atomic mass is 35.5. The third-order valence-electron chi connectivity index (χ3n) is 3.22. The second-order valence-electron chi connectivity index (χ2n) is 4.37. The molecule has 1 amide bonds. The van der Waals surface area contributed by atoms with Crippen LogP contribution in [-0.4, -0.2) is 17.4 Å². The van der Waals surface area contributed by atoms with E-state index in [2.05, 4.69) is 0 Å². The van der Waals surface area contributed by atoms with Gasteiger partial charge in [-0.1, -0.05) is 11.6 Å². The Kier molecular flexibility index (Phi) is 3.19. The zero-order chi connectivity index (χ0) is 14.3. The molecule has 3 rings (SSSR count). The van der Waals surface area contributed by atoms with Gasteiger partial charge in [0.2, 0.25) is 0 Å². The average Bonchev–Trinajstić information content (AvgIpc) is 2.89. The fourth-order valence-electron chi connectivity index (χ4n) is 2.23. The number of carbonyl (C=O) groups excluding carboxylic acids is 1. The summed E-state index contributed by atoms with van der Waals surface area (Å²) >= 11 is 7.48. The zero-order valence-corrected chi connectivity index (χ0v) is 11.8. The van der Waals surface area contributed by atoms with E-state index >= 15 is 0 Å². The van der Waals surface area contributed by atoms with Crippen molar-refractivity contribution in [2.45, 2.75) is 6.42 Å². The molecule has 1 aliphatic heterocycles. The molecule has 2 aromatic rings. The fraction of sp³-hybridized carbons (Fsp3) is 0.154. The highest BCUT2D eigenvalue weighted by molar-refractivity contribution is 7.12. The van der Waals surface area contributed by atoms with Gasteiger partial charge in [0.25, 0.3) is 11.6 Å². The number of halogens is 1. The van der Waals surface area contributed by atoms with Crippen LogP contribution in [0.2, 0.25) is 5.02 Å². The zero-order valence-electron chi connectivity index (χ0n) is 10.2. The van der Waals surface area contributed by atoms with Crippen LogP contribution in [0.3, 0.4) is 0 Å². The molecule has 1 aromatic heterocycles. The summed E-state index contributed by atoms with van der Waals surface area (Å²) in [7, 11) is 0. The SMILES string of the molecule is O=C1c2sccc2CCN1c1ccc([N+](=O)[O-])cc1Cl. The van der Waals surface area contributed by atoms with Crippen molar-refractivity contribution in [1.29, 1.82) is 0 Å². The van der Waals surface area contributed by atoms with Gasteiger partial charge in [-0.2, -0.15) is 0 Å². The van der Waals surface area contributed by atoms with Crippen molar-refractivity contribution in [3.8, 4) is 0 Å². The van der Waals surface area contributed by atoms with E-state index in [1.165, 1.54) is 29.5 Å². The molecule has 0 bridgehead atoms. The standard InChI is InChI=1S/C13H9ClN2O3S/c14-10-7-9(16(18)19)1-2-11(10)15-5-3-8-4-6-20-12(8)13(15)17/h1-2,4,6-7H,3,5H2. The lowest BCUT2D eigenvalue weighted by Crippen LogP contribution is -2.36. The molecule has 0 N–H and O–H groups in total. The van der Waals surface area contributed by atoms with Gasteiger partial charge in [-0.3, -0.25) is 14.9 Å². The van der Waals surface area contributed by atoms with E-state index in [-0.39, 0.29) is 16.6 Å². The van der Waals surface area contributed by atoms with Gasteiger partial charge in [-0.15, -0.1) is 11.3 Å². The minimum absolute atomic E-state index is 0.0833. The number of nitrogens with zero attached hydrogens (tertiary/aromatic N) is 2. The Hall–Kier alpha value is -1.92. The van der Waals surface area contributed by atoms with Gasteiger partial charge in [0.1, 0.15) is 0 Å². The van der Waals surface area contributed by atoms with E-state index in [0.717, 1.165) is 12.0 Å². The normalized spacial score (nSPS) is 14.2. The lowest BCUT2D eigenvalue weighted by atomic mass is 10.1. The number of nitro groups is 1. The summed E-state index contributed by atoms with van der Waals surface area (Å²) in [6.45, 7) is 0.528. The Bertz CT molecular complexity index is 713. The number of anilines is 1. The number of fused-ring (bicyclic) bond motifs is 1. The molecule has 7 heteroatoms. The van der Waals surface area contributed by atoms with E-state index in [4.69, 9.17) is 11.6 Å². The van der Waals surface area contributed by atoms with E-state index in [0.29, 0.717) is 17.1 Å². The van der Waals surface area contributed by atoms with Crippen LogP contribution in [0, 0.1) is 10.1 Å². The largest absolute Gasteiger partial charge is 0.306 e. The van der Waals surface area contributed by atoms with Gasteiger partial charge in [0.05, 0.1) is 20.5 Å². The summed E-state index contributed by atoms with van der Waals surface area (Å²) in [5.41, 5.74) is 1.48. The Morgan fingerprint density at radius 2 is 2.15 bits per heavy atom. The first-order valence-corrected chi connectivity index (χ1v) is 7.16. The molecule has 20 heavy (non-hydrogen) atoms. The minimum atomic E-state index is -0.509. The van der Waals surface area contributed by atoms with E-state index < -0.39 is 4.92 Å². The lowest BCUT2D eigenvalue weighted by Gasteiger charge is -2.27. The first-order chi connectivity index (χ1) is 9.58. The van der Waals surface area contributed by atoms with Crippen LogP contribution in [0.1, 0.15) is 15.2 Å². The maximum atomic E-state index is 12.4. The lowest BCUT2D eigenvalue weighted by molar-refractivity contribution is -0.384. The van der Waals surface area contributed by atoms with Gasteiger partial charge < -0.3 is 4.90 Å². The summed E-state index contributed by atoms with van der Waals surface area (Å²) in [6, 6.07) is 6.11. The summed E-state index contributed by atoms with van der Waals surface area (Å²) < 4.78 is 0. The number of non-ortho nitro benzene ring substituents is 1. The van der Waals surface area contributed by atoms with E-state index in [9.17, 15) is 14.9 Å². The highest BCUT2D eigenvalue weighted by Gasteiger charge is 2.28. The molecule has 5 nitrogen and oxygen atoms in total. The smallest absolute Gasteiger partial charge is 0.271 e. The van der Waals surface area contributed by atoms with Crippen LogP contribution in [0.5, 0.6) is 0 Å². The molecule has 0 spiro atoms. The van der Waals surface area contributed by atoms with Crippen molar-refractivity contribution in [2.24, 2.45) is 0 Å². The van der Waals surface area contributed by atoms with Crippen LogP contribution in [0.4, 0.5) is 11.4 Å². The molecule has 1 aliphatic rings. The minimum Gasteiger partial charge on any atom is -0.306 e. The Balaban J connectivity index is 1.99. The van der Waals surface area contributed by atoms with Gasteiger partial charge >= 0.3 is 0 Å². The van der Waals surface area contributed by atoms with Gasteiger partial charge in [0.15, 0.2) is 0 Å². The van der Waals surface area contributed by atoms with Crippen molar-refractivity contribution in [3.05, 3.63) is 55.2 Å². The van der Waals surface area contributed by atoms with Gasteiger partial charge in [-0.25, -0.2) is 0 Å². The summed E-state index contributed by atoms with van der Waals surface area (Å²) in [5, 5.41) is 12.8. The molecule has 0 saturated heterocycles. The molecule has 0 atom stereocenters. The average molecular weight is 309 g/mol. The Labute approximate surface area is 123 Å². The highest BCUT2D eigenvalue weighted by Crippen LogP contribution is 2.34. The summed E-state index contributed by atoms with van der Waals surface area (Å²) in [6.07, 6.45) is 0.762. The third kappa shape index (κ3) is 2.07. The Morgan fingerprint density at radius 1 is 1.35 bits per heavy atom. The number of amides is 1. The van der Waals surface area contributed by atoms with Crippen LogP contribution in [0.25, 0.3) is 0 Å². The molecule has 0 radical (unpaired) electrons. The molecule has 0 aliphatic carbocycles. The number of thiophene rings is 1. The van der Waals surface area contributed by atoms with Crippen LogP contribution in [-0.2, 0) is 6.42 Å². The second-order valence-corrected chi connectivity index (χ2v) is 5.70. The topological polar surface area (TPSA) is 63.5 Å². The third-order valence-corrected chi connectivity index (χ3v) is 4.47. The Morgan fingerprint density at radius 3 is 2.85 bits per heavy atom. The predicted molar refractivity (Wildman–Crippen MR) is 77.8 cm³/mol. The first-order valence-electron chi connectivity index (χ1n) is 5.90. The van der Waals surface area contributed by atoms with Gasteiger partial charge in [0, 0.05) is 18.7 Å². The van der Waals surface area contributed by atoms with Crippen molar-refractivity contribution < 1.29 is 9.72 Å². The van der Waals surface area contributed by atoms with Crippen molar-refractivity contribution >= 4 is 40.2 Å². The maximum Gasteiger partial charge on any atom is 0.271 e. The van der Waals surface area contributed by atoms with Crippen molar-refractivity contribution in [3.63, 3.8) is 0 Å². The molecule has 0 unspecified atom stereocenters. The number of rotatable bonds is 2. The van der Waals surface area contributed by atoms with Crippen LogP contribution in [0.15, 0.2) is 29.6 Å². The molecule has 0 saturated carbocycles. The monoisotopic (exact) mass is 308 g/mol. The molecule has 2 heterocycles. The quantitative estimate of drug-likeness (QED) is 0.630. The number of hydrogen-bond acceptors (Lipinski definition) is 4. The van der Waals surface area contributed by atoms with E-state index in [1.807, 2.05) is 11.4 Å². The number of hydrogen-bond donors (Lipinski definition) is 0. The number of benzene rings is 1.